The van der Waals surface area contributed by atoms with E-state index in [1.54, 1.807) is 6.07 Å². The zero-order chi connectivity index (χ0) is 13.4. The second-order valence-electron chi connectivity index (χ2n) is 6.50. The average Bonchev–Trinajstić information content (AvgIpc) is 2.14. The van der Waals surface area contributed by atoms with Crippen LogP contribution in [0.4, 0.5) is 5.69 Å². The molecule has 0 unspecified atom stereocenters. The van der Waals surface area contributed by atoms with Crippen LogP contribution in [0.15, 0.2) is 17.2 Å². The summed E-state index contributed by atoms with van der Waals surface area (Å²) in [6, 6.07) is 3.81. The van der Waals surface area contributed by atoms with Crippen LogP contribution >= 0.6 is 0 Å². The first-order chi connectivity index (χ1) is 7.57. The Morgan fingerprint density at radius 1 is 1.00 bits per heavy atom. The lowest BCUT2D eigenvalue weighted by Gasteiger charge is -2.26. The molecule has 1 rings (SSSR count). The number of nitrogens with one attached hydrogen (secondary N) is 1. The van der Waals surface area contributed by atoms with Gasteiger partial charge in [-0.25, -0.2) is 5.53 Å². The van der Waals surface area contributed by atoms with Crippen molar-refractivity contribution in [3.63, 3.8) is 0 Å². The Morgan fingerprint density at radius 3 is 1.88 bits per heavy atom. The highest BCUT2D eigenvalue weighted by molar-refractivity contribution is 5.59. The second-order valence-corrected chi connectivity index (χ2v) is 6.50. The summed E-state index contributed by atoms with van der Waals surface area (Å²) in [7, 11) is 0. The minimum atomic E-state index is -0.162. The quantitative estimate of drug-likeness (QED) is 0.683. The van der Waals surface area contributed by atoms with E-state index in [-0.39, 0.29) is 16.6 Å². The van der Waals surface area contributed by atoms with Gasteiger partial charge in [-0.15, -0.1) is 0 Å². The van der Waals surface area contributed by atoms with Gasteiger partial charge in [0.05, 0.1) is 0 Å². The summed E-state index contributed by atoms with van der Waals surface area (Å²) in [5.74, 6) is 0.125. The van der Waals surface area contributed by atoms with Gasteiger partial charge in [-0.05, 0) is 22.5 Å². The van der Waals surface area contributed by atoms with Crippen LogP contribution in [0.2, 0.25) is 0 Å². The molecule has 0 aliphatic rings. The van der Waals surface area contributed by atoms with Crippen molar-refractivity contribution in [1.29, 1.82) is 5.53 Å². The van der Waals surface area contributed by atoms with Crippen LogP contribution in [0, 0.1) is 5.53 Å². The van der Waals surface area contributed by atoms with Gasteiger partial charge in [0, 0.05) is 5.56 Å². The smallest absolute Gasteiger partial charge is 0.146 e. The summed E-state index contributed by atoms with van der Waals surface area (Å²) in [6.07, 6.45) is 0. The molecule has 94 valence electrons. The van der Waals surface area contributed by atoms with Crippen molar-refractivity contribution >= 4 is 5.69 Å². The molecule has 0 spiro atoms. The van der Waals surface area contributed by atoms with Crippen molar-refractivity contribution in [3.05, 3.63) is 23.3 Å². The molecule has 2 N–H and O–H groups in total. The minimum Gasteiger partial charge on any atom is -0.505 e. The zero-order valence-corrected chi connectivity index (χ0v) is 11.5. The van der Waals surface area contributed by atoms with Gasteiger partial charge >= 0.3 is 0 Å². The number of phenolic OH excluding ortho intramolecular Hbond substituents is 1. The molecule has 0 fully saturated rings. The number of rotatable bonds is 1. The number of phenols is 1. The van der Waals surface area contributed by atoms with E-state index in [1.807, 2.05) is 26.8 Å². The Hall–Kier alpha value is -1.38. The third-order valence-corrected chi connectivity index (χ3v) is 2.88. The van der Waals surface area contributed by atoms with Crippen molar-refractivity contribution in [1.82, 2.24) is 0 Å². The lowest BCUT2D eigenvalue weighted by molar-refractivity contribution is 0.445. The van der Waals surface area contributed by atoms with Gasteiger partial charge in [0.1, 0.15) is 11.4 Å². The largest absolute Gasteiger partial charge is 0.505 e. The van der Waals surface area contributed by atoms with Gasteiger partial charge in [0.15, 0.2) is 0 Å². The van der Waals surface area contributed by atoms with Gasteiger partial charge in [-0.1, -0.05) is 47.6 Å². The first-order valence-corrected chi connectivity index (χ1v) is 5.83. The van der Waals surface area contributed by atoms with Crippen LogP contribution < -0.4 is 0 Å². The summed E-state index contributed by atoms with van der Waals surface area (Å²) in [4.78, 5) is 0. The molecule has 0 saturated heterocycles. The molecule has 0 aliphatic heterocycles. The standard InChI is InChI=1S/C14H22N2O/c1-13(2,3)9-7-10(14(4,5)6)12(17)11(8-9)16-15/h7-8,15,17H,1-6H3. The third-order valence-electron chi connectivity index (χ3n) is 2.88. The Kier molecular flexibility index (Phi) is 3.33. The van der Waals surface area contributed by atoms with Crippen molar-refractivity contribution in [2.24, 2.45) is 5.11 Å². The van der Waals surface area contributed by atoms with Crippen LogP contribution in [0.25, 0.3) is 0 Å². The summed E-state index contributed by atoms with van der Waals surface area (Å²) in [5.41, 5.74) is 9.25. The van der Waals surface area contributed by atoms with E-state index in [9.17, 15) is 5.11 Å². The van der Waals surface area contributed by atoms with Crippen molar-refractivity contribution in [2.75, 3.05) is 0 Å². The van der Waals surface area contributed by atoms with E-state index in [4.69, 9.17) is 5.53 Å². The molecule has 3 nitrogen and oxygen atoms in total. The molecule has 0 amide bonds. The monoisotopic (exact) mass is 234 g/mol. The van der Waals surface area contributed by atoms with Crippen LogP contribution in [0.1, 0.15) is 52.7 Å². The number of nitrogens with zero attached hydrogens (tertiary/aromatic N) is 1. The maximum absolute atomic E-state index is 10.1. The summed E-state index contributed by atoms with van der Waals surface area (Å²) in [5, 5.41) is 13.5. The highest BCUT2D eigenvalue weighted by Gasteiger charge is 2.24. The molecule has 3 heteroatoms. The summed E-state index contributed by atoms with van der Waals surface area (Å²) >= 11 is 0. The molecule has 1 aromatic carbocycles. The lowest BCUT2D eigenvalue weighted by atomic mass is 9.80. The maximum atomic E-state index is 10.1. The summed E-state index contributed by atoms with van der Waals surface area (Å²) in [6.45, 7) is 12.5. The van der Waals surface area contributed by atoms with E-state index in [0.29, 0.717) is 5.69 Å². The van der Waals surface area contributed by atoms with E-state index in [1.165, 1.54) is 0 Å². The Bertz CT molecular complexity index is 437. The Balaban J connectivity index is 3.56. The third kappa shape index (κ3) is 2.84. The fourth-order valence-electron chi connectivity index (χ4n) is 1.71. The van der Waals surface area contributed by atoms with E-state index in [0.717, 1.165) is 11.1 Å². The molecular weight excluding hydrogens is 212 g/mol. The lowest BCUT2D eigenvalue weighted by Crippen LogP contribution is -2.16. The molecule has 1 aromatic rings. The molecule has 0 heterocycles. The van der Waals surface area contributed by atoms with Crippen LogP contribution in [0.3, 0.4) is 0 Å². The average molecular weight is 234 g/mol. The number of benzene rings is 1. The van der Waals surface area contributed by atoms with Crippen LogP contribution in [-0.2, 0) is 10.8 Å². The van der Waals surface area contributed by atoms with Crippen molar-refractivity contribution < 1.29 is 5.11 Å². The minimum absolute atomic E-state index is 0.0207. The number of hydrogen-bond acceptors (Lipinski definition) is 3. The van der Waals surface area contributed by atoms with Crippen molar-refractivity contribution in [3.8, 4) is 5.75 Å². The second kappa shape index (κ2) is 4.13. The summed E-state index contributed by atoms with van der Waals surface area (Å²) < 4.78 is 0. The van der Waals surface area contributed by atoms with Gasteiger partial charge in [-0.2, -0.15) is 5.11 Å². The predicted molar refractivity (Wildman–Crippen MR) is 70.3 cm³/mol. The van der Waals surface area contributed by atoms with Gasteiger partial charge < -0.3 is 5.11 Å². The van der Waals surface area contributed by atoms with E-state index >= 15 is 0 Å². The molecule has 0 atom stereocenters. The highest BCUT2D eigenvalue weighted by Crippen LogP contribution is 2.41. The topological polar surface area (TPSA) is 56.4 Å². The zero-order valence-electron chi connectivity index (χ0n) is 11.5. The molecule has 0 radical (unpaired) electrons. The first-order valence-electron chi connectivity index (χ1n) is 5.83. The predicted octanol–water partition coefficient (Wildman–Crippen LogP) is 4.65. The SMILES string of the molecule is CC(C)(C)c1cc(N=N)c(O)c(C(C)(C)C)c1. The molecular formula is C14H22N2O. The van der Waals surface area contributed by atoms with Crippen LogP contribution in [-0.4, -0.2) is 5.11 Å². The fourth-order valence-corrected chi connectivity index (χ4v) is 1.71. The highest BCUT2D eigenvalue weighted by atomic mass is 16.3. The van der Waals surface area contributed by atoms with Gasteiger partial charge in [0.2, 0.25) is 0 Å². The molecule has 0 saturated carbocycles. The molecule has 0 aliphatic carbocycles. The van der Waals surface area contributed by atoms with Gasteiger partial charge in [0.25, 0.3) is 0 Å². The molecule has 0 bridgehead atoms. The fraction of sp³-hybridized carbons (Fsp3) is 0.571. The van der Waals surface area contributed by atoms with Gasteiger partial charge in [-0.3, -0.25) is 0 Å². The number of hydrogen-bond donors (Lipinski definition) is 2. The van der Waals surface area contributed by atoms with Crippen molar-refractivity contribution in [2.45, 2.75) is 52.4 Å². The Labute approximate surface area is 103 Å². The molecule has 0 aromatic heterocycles. The molecule has 17 heavy (non-hydrogen) atoms. The first kappa shape index (κ1) is 13.7. The normalized spacial score (nSPS) is 12.6. The number of aromatic hydroxyl groups is 1. The van der Waals surface area contributed by atoms with E-state index < -0.39 is 0 Å². The Morgan fingerprint density at radius 2 is 1.53 bits per heavy atom. The van der Waals surface area contributed by atoms with Crippen LogP contribution in [0.5, 0.6) is 5.75 Å². The van der Waals surface area contributed by atoms with E-state index in [2.05, 4.69) is 25.9 Å². The maximum Gasteiger partial charge on any atom is 0.146 e.